The number of hydrogen-bond donors (Lipinski definition) is 2. The summed E-state index contributed by atoms with van der Waals surface area (Å²) in [4.78, 5) is 4.46. The van der Waals surface area contributed by atoms with Gasteiger partial charge in [0.25, 0.3) is 0 Å². The number of aliphatic imine (C=N–C) groups is 1. The van der Waals surface area contributed by atoms with Gasteiger partial charge in [-0.05, 0) is 36.3 Å². The van der Waals surface area contributed by atoms with E-state index in [1.54, 1.807) is 11.3 Å². The molecule has 0 aliphatic carbocycles. The van der Waals surface area contributed by atoms with E-state index in [2.05, 4.69) is 34.0 Å². The molecule has 0 radical (unpaired) electrons. The summed E-state index contributed by atoms with van der Waals surface area (Å²) in [6.07, 6.45) is 7.60. The van der Waals surface area contributed by atoms with Crippen molar-refractivity contribution in [3.05, 3.63) is 17.0 Å². The third-order valence-corrected chi connectivity index (χ3v) is 4.05. The predicted molar refractivity (Wildman–Crippen MR) is 80.7 cm³/mol. The van der Waals surface area contributed by atoms with Crippen LogP contribution in [0.2, 0.25) is 0 Å². The molecular formula is C14H23N3S. The Hall–Kier alpha value is -1.03. The highest BCUT2D eigenvalue weighted by molar-refractivity contribution is 7.14. The molecule has 1 aliphatic rings. The number of unbranched alkanes of at least 4 members (excludes halogenated alkanes) is 3. The first-order chi connectivity index (χ1) is 8.90. The number of thiophene rings is 1. The van der Waals surface area contributed by atoms with E-state index in [9.17, 15) is 0 Å². The second-order valence-corrected chi connectivity index (χ2v) is 5.64. The van der Waals surface area contributed by atoms with E-state index in [4.69, 9.17) is 0 Å². The van der Waals surface area contributed by atoms with Crippen molar-refractivity contribution in [2.24, 2.45) is 4.99 Å². The third-order valence-electron chi connectivity index (χ3n) is 3.18. The molecule has 1 aromatic heterocycles. The van der Waals surface area contributed by atoms with Gasteiger partial charge in [0.15, 0.2) is 5.96 Å². The highest BCUT2D eigenvalue weighted by Gasteiger charge is 2.08. The van der Waals surface area contributed by atoms with Crippen LogP contribution in [0.25, 0.3) is 0 Å². The first kappa shape index (κ1) is 13.4. The number of anilines is 1. The van der Waals surface area contributed by atoms with Crippen LogP contribution >= 0.6 is 11.3 Å². The van der Waals surface area contributed by atoms with Crippen LogP contribution in [-0.4, -0.2) is 19.0 Å². The minimum Gasteiger partial charge on any atom is -0.356 e. The van der Waals surface area contributed by atoms with Crippen molar-refractivity contribution >= 4 is 22.3 Å². The Labute approximate surface area is 114 Å². The van der Waals surface area contributed by atoms with Gasteiger partial charge in [-0.1, -0.05) is 26.2 Å². The minimum atomic E-state index is 0.937. The molecule has 0 atom stereocenters. The lowest BCUT2D eigenvalue weighted by atomic mass is 10.1. The summed E-state index contributed by atoms with van der Waals surface area (Å²) >= 11 is 1.78. The summed E-state index contributed by atoms with van der Waals surface area (Å²) in [6.45, 7) is 4.22. The smallest absolute Gasteiger partial charge is 0.196 e. The number of aryl methyl sites for hydroxylation is 1. The quantitative estimate of drug-likeness (QED) is 0.771. The fourth-order valence-corrected chi connectivity index (χ4v) is 2.95. The second-order valence-electron chi connectivity index (χ2n) is 4.72. The molecular weight excluding hydrogens is 242 g/mol. The van der Waals surface area contributed by atoms with Crippen LogP contribution in [0.1, 0.15) is 44.6 Å². The topological polar surface area (TPSA) is 36.4 Å². The number of rotatable bonds is 6. The van der Waals surface area contributed by atoms with Crippen LogP contribution in [0.15, 0.2) is 16.4 Å². The number of nitrogens with zero attached hydrogens (tertiary/aromatic N) is 1. The van der Waals surface area contributed by atoms with E-state index in [1.165, 1.54) is 42.7 Å². The Morgan fingerprint density at radius 2 is 2.33 bits per heavy atom. The maximum Gasteiger partial charge on any atom is 0.196 e. The maximum atomic E-state index is 4.46. The third kappa shape index (κ3) is 4.02. The summed E-state index contributed by atoms with van der Waals surface area (Å²) in [5, 5.41) is 10.2. The Morgan fingerprint density at radius 1 is 1.39 bits per heavy atom. The highest BCUT2D eigenvalue weighted by Crippen LogP contribution is 2.25. The first-order valence-electron chi connectivity index (χ1n) is 7.02. The molecule has 0 saturated heterocycles. The average Bonchev–Trinajstić information content (AvgIpc) is 2.83. The van der Waals surface area contributed by atoms with Gasteiger partial charge in [0.1, 0.15) is 0 Å². The van der Waals surface area contributed by atoms with Crippen LogP contribution in [0.5, 0.6) is 0 Å². The van der Waals surface area contributed by atoms with Crippen LogP contribution in [0, 0.1) is 0 Å². The monoisotopic (exact) mass is 265 g/mol. The Morgan fingerprint density at radius 3 is 3.11 bits per heavy atom. The first-order valence-corrected chi connectivity index (χ1v) is 7.90. The summed E-state index contributed by atoms with van der Waals surface area (Å²) in [5.41, 5.74) is 1.44. The molecule has 1 aromatic rings. The van der Waals surface area contributed by atoms with Crippen LogP contribution < -0.4 is 10.6 Å². The molecule has 0 saturated carbocycles. The van der Waals surface area contributed by atoms with Gasteiger partial charge in [-0.25, -0.2) is 0 Å². The van der Waals surface area contributed by atoms with E-state index < -0.39 is 0 Å². The molecule has 0 unspecified atom stereocenters. The molecule has 0 fully saturated rings. The van der Waals surface area contributed by atoms with Gasteiger partial charge in [0.2, 0.25) is 0 Å². The molecule has 100 valence electrons. The SMILES string of the molecule is CCCCCCc1ccsc1NC1=NCCCN1. The molecule has 0 amide bonds. The number of hydrogen-bond acceptors (Lipinski definition) is 4. The average molecular weight is 265 g/mol. The molecule has 3 nitrogen and oxygen atoms in total. The van der Waals surface area contributed by atoms with Crippen LogP contribution in [0.4, 0.5) is 5.00 Å². The fourth-order valence-electron chi connectivity index (χ4n) is 2.11. The molecule has 0 bridgehead atoms. The zero-order valence-corrected chi connectivity index (χ0v) is 12.0. The molecule has 2 heterocycles. The summed E-state index contributed by atoms with van der Waals surface area (Å²) in [6, 6.07) is 2.24. The molecule has 0 aromatic carbocycles. The normalized spacial score (nSPS) is 15.1. The van der Waals surface area contributed by atoms with E-state index in [0.717, 1.165) is 25.5 Å². The zero-order valence-electron chi connectivity index (χ0n) is 11.2. The van der Waals surface area contributed by atoms with E-state index in [0.29, 0.717) is 0 Å². The summed E-state index contributed by atoms with van der Waals surface area (Å²) < 4.78 is 0. The second kappa shape index (κ2) is 7.41. The molecule has 4 heteroatoms. The Balaban J connectivity index is 1.84. The lowest BCUT2D eigenvalue weighted by Crippen LogP contribution is -2.35. The van der Waals surface area contributed by atoms with Crippen LogP contribution in [0.3, 0.4) is 0 Å². The predicted octanol–water partition coefficient (Wildman–Crippen LogP) is 3.63. The Bertz CT molecular complexity index is 384. The van der Waals surface area contributed by atoms with Gasteiger partial charge in [-0.2, -0.15) is 0 Å². The minimum absolute atomic E-state index is 0.937. The lowest BCUT2D eigenvalue weighted by Gasteiger charge is -2.16. The Kier molecular flexibility index (Phi) is 5.52. The molecule has 0 spiro atoms. The van der Waals surface area contributed by atoms with Gasteiger partial charge in [-0.3, -0.25) is 4.99 Å². The van der Waals surface area contributed by atoms with Crippen molar-refractivity contribution < 1.29 is 0 Å². The van der Waals surface area contributed by atoms with Crippen molar-refractivity contribution in [2.45, 2.75) is 45.4 Å². The van der Waals surface area contributed by atoms with Gasteiger partial charge in [-0.15, -0.1) is 11.3 Å². The lowest BCUT2D eigenvalue weighted by molar-refractivity contribution is 0.668. The van der Waals surface area contributed by atoms with Crippen molar-refractivity contribution in [3.8, 4) is 0 Å². The van der Waals surface area contributed by atoms with E-state index in [-0.39, 0.29) is 0 Å². The van der Waals surface area contributed by atoms with Gasteiger partial charge < -0.3 is 10.6 Å². The van der Waals surface area contributed by atoms with E-state index in [1.807, 2.05) is 0 Å². The van der Waals surface area contributed by atoms with Gasteiger partial charge >= 0.3 is 0 Å². The fraction of sp³-hybridized carbons (Fsp3) is 0.643. The maximum absolute atomic E-state index is 4.46. The van der Waals surface area contributed by atoms with Crippen LogP contribution in [-0.2, 0) is 6.42 Å². The summed E-state index contributed by atoms with van der Waals surface area (Å²) in [7, 11) is 0. The van der Waals surface area contributed by atoms with Crippen molar-refractivity contribution in [1.82, 2.24) is 5.32 Å². The molecule has 1 aliphatic heterocycles. The molecule has 2 rings (SSSR count). The van der Waals surface area contributed by atoms with Crippen molar-refractivity contribution in [3.63, 3.8) is 0 Å². The van der Waals surface area contributed by atoms with Crippen molar-refractivity contribution in [1.29, 1.82) is 0 Å². The summed E-state index contributed by atoms with van der Waals surface area (Å²) in [5.74, 6) is 0.943. The van der Waals surface area contributed by atoms with E-state index >= 15 is 0 Å². The van der Waals surface area contributed by atoms with Gasteiger partial charge in [0, 0.05) is 13.1 Å². The van der Waals surface area contributed by atoms with Crippen molar-refractivity contribution in [2.75, 3.05) is 18.4 Å². The molecule has 18 heavy (non-hydrogen) atoms. The number of nitrogens with one attached hydrogen (secondary N) is 2. The highest BCUT2D eigenvalue weighted by atomic mass is 32.1. The molecule has 2 N–H and O–H groups in total. The standard InChI is InChI=1S/C14H23N3S/c1-2-3-4-5-7-12-8-11-18-13(12)17-14-15-9-6-10-16-14/h8,11H,2-7,9-10H2,1H3,(H2,15,16,17). The zero-order chi connectivity index (χ0) is 12.6. The number of guanidine groups is 1. The largest absolute Gasteiger partial charge is 0.356 e. The van der Waals surface area contributed by atoms with Gasteiger partial charge in [0.05, 0.1) is 5.00 Å².